The van der Waals surface area contributed by atoms with Gasteiger partial charge in [0.25, 0.3) is 0 Å². The Kier molecular flexibility index (Phi) is 17.7. The molecule has 27 nitrogen and oxygen atoms in total. The van der Waals surface area contributed by atoms with Gasteiger partial charge in [0.15, 0.2) is 12.3 Å². The average Bonchev–Trinajstić information content (AvgIpc) is 3.98. The van der Waals surface area contributed by atoms with E-state index in [1.807, 2.05) is 6.92 Å². The molecule has 1 aromatic carbocycles. The van der Waals surface area contributed by atoms with Crippen LogP contribution in [0.25, 0.3) is 27.0 Å². The second-order valence-electron chi connectivity index (χ2n) is 15.9. The van der Waals surface area contributed by atoms with Crippen LogP contribution in [0.1, 0.15) is 76.8 Å². The molecule has 0 saturated carbocycles. The number of halogens is 2. The second-order valence-corrected chi connectivity index (χ2v) is 20.3. The first-order valence-corrected chi connectivity index (χ1v) is 25.7. The minimum Gasteiger partial charge on any atom is -0.494 e. The normalized spacial score (nSPS) is 19.3. The van der Waals surface area contributed by atoms with Gasteiger partial charge in [0.1, 0.15) is 36.3 Å². The highest BCUT2D eigenvalue weighted by Gasteiger charge is 2.52. The summed E-state index contributed by atoms with van der Waals surface area (Å²) in [4.78, 5) is 72.0. The van der Waals surface area contributed by atoms with Crippen LogP contribution in [-0.4, -0.2) is 95.5 Å². The number of aryl methyl sites for hydroxylation is 2. The van der Waals surface area contributed by atoms with E-state index >= 15 is 8.63 Å². The number of anilines is 1. The molecule has 0 spiro atoms. The van der Waals surface area contributed by atoms with Crippen molar-refractivity contribution >= 4 is 54.0 Å². The number of nitrogens with zero attached hydrogens (tertiary/aromatic N) is 10. The van der Waals surface area contributed by atoms with Crippen molar-refractivity contribution in [2.45, 2.75) is 70.9 Å². The third-order valence-electron chi connectivity index (χ3n) is 10.9. The van der Waals surface area contributed by atoms with Crippen LogP contribution in [0.5, 0.6) is 5.75 Å². The molecule has 3 aromatic rings. The first kappa shape index (κ1) is 55.1. The maximum atomic E-state index is 15.8. The van der Waals surface area contributed by atoms with E-state index < -0.39 is 80.5 Å². The zero-order valence-electron chi connectivity index (χ0n) is 38.0. The number of nitrogens with two attached hydrogens (primary N) is 1. The van der Waals surface area contributed by atoms with Gasteiger partial charge >= 0.3 is 42.1 Å². The Labute approximate surface area is 406 Å². The Morgan fingerprint density at radius 2 is 1.85 bits per heavy atom. The molecule has 2 aromatic heterocycles. The summed E-state index contributed by atoms with van der Waals surface area (Å²) >= 11 is 0. The Balaban J connectivity index is 1.02. The number of hydrogen-bond acceptors (Lipinski definition) is 16. The summed E-state index contributed by atoms with van der Waals surface area (Å²) in [5, 5.41) is 6.78. The van der Waals surface area contributed by atoms with Gasteiger partial charge in [-0.15, -0.1) is 0 Å². The van der Waals surface area contributed by atoms with Crippen LogP contribution in [0.3, 0.4) is 0 Å². The molecule has 6 rings (SSSR count). The van der Waals surface area contributed by atoms with Gasteiger partial charge in [-0.05, 0) is 85.3 Å². The van der Waals surface area contributed by atoms with Crippen LogP contribution in [0.2, 0.25) is 0 Å². The Morgan fingerprint density at radius 3 is 2.57 bits per heavy atom. The van der Waals surface area contributed by atoms with Gasteiger partial charge in [-0.25, -0.2) is 23.3 Å². The van der Waals surface area contributed by atoms with Gasteiger partial charge in [0, 0.05) is 52.8 Å². The fourth-order valence-electron chi connectivity index (χ4n) is 7.85. The number of ether oxygens (including phenoxy) is 4. The molecule has 384 valence electrons. The fourth-order valence-corrected chi connectivity index (χ4v) is 10.9. The van der Waals surface area contributed by atoms with Crippen molar-refractivity contribution in [1.29, 1.82) is 0 Å². The third-order valence-corrected chi connectivity index (χ3v) is 14.7. The van der Waals surface area contributed by atoms with Crippen LogP contribution in [0.4, 0.5) is 14.4 Å². The number of carbonyl (C=O) groups excluding carboxylic acids is 1. The van der Waals surface area contributed by atoms with E-state index in [1.165, 1.54) is 18.2 Å². The number of rotatable bonds is 23. The predicted molar refractivity (Wildman–Crippen MR) is 249 cm³/mol. The molecular weight excluding hydrogens is 1020 g/mol. The van der Waals surface area contributed by atoms with Gasteiger partial charge < -0.3 is 61.9 Å². The summed E-state index contributed by atoms with van der Waals surface area (Å²) in [5.74, 6) is 4.37. The number of aromatic nitrogens is 3. The van der Waals surface area contributed by atoms with Crippen molar-refractivity contribution in [2.75, 3.05) is 32.3 Å². The number of phosphoric ester groups is 1. The van der Waals surface area contributed by atoms with E-state index in [4.69, 9.17) is 45.5 Å². The summed E-state index contributed by atoms with van der Waals surface area (Å²) in [6.45, 7) is 1.47. The molecule has 0 radical (unpaired) electrons. The number of fused-ring (bicyclic) bond motifs is 2. The van der Waals surface area contributed by atoms with Crippen LogP contribution in [0.15, 0.2) is 75.5 Å². The highest BCUT2D eigenvalue weighted by Crippen LogP contribution is 2.66. The van der Waals surface area contributed by atoms with Crippen LogP contribution >= 0.6 is 23.5 Å². The Morgan fingerprint density at radius 1 is 1.10 bits per heavy atom. The van der Waals surface area contributed by atoms with Crippen molar-refractivity contribution in [3.8, 4) is 17.6 Å². The molecule has 0 aliphatic carbocycles. The zero-order chi connectivity index (χ0) is 52.6. The first-order valence-electron chi connectivity index (χ1n) is 21.2. The standard InChI is InChI=1S/C39H45BF2N11O16P3/c1-24(8-9-29-10-11-30-18-33-25(2)16-26(3)52(33)40(41,42)53(29)30)6-4-14-63-31-12-13-32(28(17-31)20-46-49-44)38(54)64-15-5-7-27-21-51(39(55)48-37(27)43)36-19-34(65-23-47-50-45)35(67-36)22-66-71(59,60)69-72(61,62)68-70(56,57)58/h10-13,16-18,21,34-36H,1,4,6,8-9,14-15,19-20,22-23H2,2-3H3,(H,59,60)(H,61,62)(H2,43,48,55)(H2,56,57,58)/t34?,35-,36-/m1/s1. The summed E-state index contributed by atoms with van der Waals surface area (Å²) in [6, 6.07) is 6.20. The number of esters is 1. The number of benzene rings is 1. The van der Waals surface area contributed by atoms with Crippen LogP contribution < -0.4 is 16.2 Å². The minimum atomic E-state index is -5.85. The molecule has 3 aliphatic heterocycles. The molecule has 5 heterocycles. The summed E-state index contributed by atoms with van der Waals surface area (Å²) < 4.78 is 104. The van der Waals surface area contributed by atoms with E-state index in [0.29, 0.717) is 54.2 Å². The molecule has 5 atom stereocenters. The SMILES string of the molecule is C=C(CCCOc1ccc(C(=O)OCC#Cc2cn([C@H]3CC(OCN=[N+]=[N-])[C@@H](COP(=O)(O)OP(=O)(O)OP(=O)(O)O)O3)c(=O)nc2N)c(CN=[N+]=[N-])c1)CCC1=[N+]2C(=Cc3c(C)cc(C)n3[B-]2(F)F)C=C1. The molecule has 0 amide bonds. The van der Waals surface area contributed by atoms with Crippen molar-refractivity contribution < 1.29 is 83.3 Å². The molecular formula is C39H45BF2N11O16P3. The van der Waals surface area contributed by atoms with E-state index in [-0.39, 0.29) is 42.1 Å². The van der Waals surface area contributed by atoms with Gasteiger partial charge in [-0.2, -0.15) is 13.6 Å². The van der Waals surface area contributed by atoms with Gasteiger partial charge in [-0.1, -0.05) is 34.2 Å². The maximum absolute atomic E-state index is 15.8. The molecule has 3 unspecified atom stereocenters. The molecule has 72 heavy (non-hydrogen) atoms. The highest BCUT2D eigenvalue weighted by molar-refractivity contribution is 7.66. The maximum Gasteiger partial charge on any atom is 0.737 e. The third kappa shape index (κ3) is 14.0. The predicted octanol–water partition coefficient (Wildman–Crippen LogP) is 6.34. The average molecular weight is 1070 g/mol. The summed E-state index contributed by atoms with van der Waals surface area (Å²) in [5.41, 5.74) is 26.5. The second kappa shape index (κ2) is 23.1. The number of azide groups is 2. The number of carbonyl (C=O) groups is 1. The molecule has 1 saturated heterocycles. The minimum absolute atomic E-state index is 0.0354. The number of phosphoric acid groups is 3. The largest absolute Gasteiger partial charge is 0.737 e. The van der Waals surface area contributed by atoms with Crippen LogP contribution in [-0.2, 0) is 47.6 Å². The van der Waals surface area contributed by atoms with E-state index in [9.17, 15) is 33.1 Å². The van der Waals surface area contributed by atoms with E-state index in [1.54, 1.807) is 31.2 Å². The van der Waals surface area contributed by atoms with Gasteiger partial charge in [-0.3, -0.25) is 9.09 Å². The quantitative estimate of drug-likeness (QED) is 0.00795. The summed E-state index contributed by atoms with van der Waals surface area (Å²) in [6.07, 6.45) is 4.20. The van der Waals surface area contributed by atoms with Crippen molar-refractivity contribution in [2.24, 2.45) is 10.2 Å². The zero-order valence-corrected chi connectivity index (χ0v) is 40.7. The smallest absolute Gasteiger partial charge is 0.494 e. The van der Waals surface area contributed by atoms with Crippen molar-refractivity contribution in [3.63, 3.8) is 0 Å². The Hall–Kier alpha value is -6.23. The van der Waals surface area contributed by atoms with Gasteiger partial charge in [0.2, 0.25) is 0 Å². The van der Waals surface area contributed by atoms with E-state index in [0.717, 1.165) is 30.9 Å². The Bertz CT molecular complexity index is 3120. The lowest BCUT2D eigenvalue weighted by Gasteiger charge is -2.30. The van der Waals surface area contributed by atoms with E-state index in [2.05, 4.69) is 56.6 Å². The van der Waals surface area contributed by atoms with Crippen molar-refractivity contribution in [1.82, 2.24) is 14.0 Å². The topological polar surface area (TPSA) is 380 Å². The molecule has 6 N–H and O–H groups in total. The number of allylic oxidation sites excluding steroid dienone is 3. The molecule has 33 heteroatoms. The lowest BCUT2D eigenvalue weighted by atomic mass is 9.90. The molecule has 1 fully saturated rings. The van der Waals surface area contributed by atoms with Gasteiger partial charge in [0.05, 0.1) is 37.0 Å². The molecule has 3 aliphatic rings. The number of nitrogen functional groups attached to an aromatic ring is 1. The monoisotopic (exact) mass is 1070 g/mol. The molecule has 0 bridgehead atoms. The number of hydrogen-bond donors (Lipinski definition) is 5. The lowest BCUT2D eigenvalue weighted by Crippen LogP contribution is -2.50. The lowest BCUT2D eigenvalue weighted by molar-refractivity contribution is -0.362. The summed E-state index contributed by atoms with van der Waals surface area (Å²) in [7, 11) is -17.1. The van der Waals surface area contributed by atoms with Crippen LogP contribution in [0, 0.1) is 25.7 Å². The highest BCUT2D eigenvalue weighted by atomic mass is 31.3. The first-order chi connectivity index (χ1) is 33.9. The van der Waals surface area contributed by atoms with Crippen molar-refractivity contribution in [3.05, 3.63) is 125 Å². The fraction of sp³-hybridized carbons (Fsp3) is 0.385.